The van der Waals surface area contributed by atoms with Crippen LogP contribution in [0.2, 0.25) is 0 Å². The van der Waals surface area contributed by atoms with Crippen LogP contribution in [0.1, 0.15) is 11.6 Å². The summed E-state index contributed by atoms with van der Waals surface area (Å²) in [4.78, 5) is 0. The molecule has 0 aliphatic heterocycles. The molecule has 0 bridgehead atoms. The normalized spacial score (nSPS) is 11.2. The molecule has 17 heavy (non-hydrogen) atoms. The summed E-state index contributed by atoms with van der Waals surface area (Å²) in [7, 11) is 0. The number of phenolic OH excluding ortho intramolecular Hbond substituents is 1. The number of hydrogen-bond acceptors (Lipinski definition) is 3. The minimum atomic E-state index is -0.235. The summed E-state index contributed by atoms with van der Waals surface area (Å²) in [5.41, 5.74) is 6.52. The van der Waals surface area contributed by atoms with Crippen LogP contribution >= 0.6 is 0 Å². The monoisotopic (exact) mass is 231 g/mol. The van der Waals surface area contributed by atoms with E-state index in [0.717, 1.165) is 5.56 Å². The molecule has 90 valence electrons. The molecule has 0 radical (unpaired) electrons. The first-order chi connectivity index (χ1) is 8.24. The summed E-state index contributed by atoms with van der Waals surface area (Å²) in [5, 5.41) is 17.3. The van der Waals surface area contributed by atoms with Crippen LogP contribution in [0.25, 0.3) is 0 Å². The van der Waals surface area contributed by atoms with Crippen molar-refractivity contribution in [3.05, 3.63) is 66.2 Å². The standard InChI is InChI=1S/C8H11NO.C6H6O/c9-8(6-10)7-4-2-1-3-5-7;7-6-4-2-1-3-5-6/h1-5,8,10H,6,9H2;1-5,7H. The fourth-order valence-electron chi connectivity index (χ4n) is 1.23. The van der Waals surface area contributed by atoms with E-state index >= 15 is 0 Å². The molecular formula is C14H17NO2. The minimum Gasteiger partial charge on any atom is -0.508 e. The van der Waals surface area contributed by atoms with Gasteiger partial charge < -0.3 is 15.9 Å². The van der Waals surface area contributed by atoms with E-state index in [9.17, 15) is 0 Å². The quantitative estimate of drug-likeness (QED) is 0.741. The fraction of sp³-hybridized carbons (Fsp3) is 0.143. The lowest BCUT2D eigenvalue weighted by atomic mass is 10.1. The second-order valence-electron chi connectivity index (χ2n) is 3.54. The third-order valence-corrected chi connectivity index (χ3v) is 2.18. The lowest BCUT2D eigenvalue weighted by Crippen LogP contribution is -2.13. The summed E-state index contributed by atoms with van der Waals surface area (Å²) < 4.78 is 0. The molecule has 0 aliphatic rings. The molecule has 2 aromatic carbocycles. The topological polar surface area (TPSA) is 66.5 Å². The maximum absolute atomic E-state index is 8.66. The van der Waals surface area contributed by atoms with Gasteiger partial charge in [-0.2, -0.15) is 0 Å². The number of aromatic hydroxyl groups is 1. The number of hydrogen-bond donors (Lipinski definition) is 3. The van der Waals surface area contributed by atoms with Crippen LogP contribution in [0.15, 0.2) is 60.7 Å². The van der Waals surface area contributed by atoms with Crippen LogP contribution in [0.4, 0.5) is 0 Å². The molecular weight excluding hydrogens is 214 g/mol. The number of phenols is 1. The smallest absolute Gasteiger partial charge is 0.115 e. The average molecular weight is 231 g/mol. The van der Waals surface area contributed by atoms with Crippen molar-refractivity contribution >= 4 is 0 Å². The Morgan fingerprint density at radius 3 is 1.71 bits per heavy atom. The Kier molecular flexibility index (Phi) is 5.79. The van der Waals surface area contributed by atoms with E-state index in [1.807, 2.05) is 36.4 Å². The summed E-state index contributed by atoms with van der Waals surface area (Å²) in [5.74, 6) is 0.322. The van der Waals surface area contributed by atoms with E-state index in [4.69, 9.17) is 15.9 Å². The molecule has 0 saturated carbocycles. The minimum absolute atomic E-state index is 0.00398. The predicted molar refractivity (Wildman–Crippen MR) is 68.6 cm³/mol. The van der Waals surface area contributed by atoms with Gasteiger partial charge in [-0.15, -0.1) is 0 Å². The fourth-order valence-corrected chi connectivity index (χ4v) is 1.23. The van der Waals surface area contributed by atoms with Gasteiger partial charge in [0.05, 0.1) is 12.6 Å². The molecule has 1 unspecified atom stereocenters. The van der Waals surface area contributed by atoms with Crippen LogP contribution < -0.4 is 5.73 Å². The first-order valence-corrected chi connectivity index (χ1v) is 5.39. The van der Waals surface area contributed by atoms with Gasteiger partial charge in [0.15, 0.2) is 0 Å². The Morgan fingerprint density at radius 2 is 1.35 bits per heavy atom. The van der Waals surface area contributed by atoms with Gasteiger partial charge in [-0.3, -0.25) is 0 Å². The van der Waals surface area contributed by atoms with Crippen molar-refractivity contribution in [3.63, 3.8) is 0 Å². The molecule has 1 atom stereocenters. The Hall–Kier alpha value is -1.84. The number of aliphatic hydroxyl groups excluding tert-OH is 1. The number of nitrogens with two attached hydrogens (primary N) is 1. The number of para-hydroxylation sites is 1. The summed E-state index contributed by atoms with van der Waals surface area (Å²) >= 11 is 0. The van der Waals surface area contributed by atoms with Gasteiger partial charge in [-0.25, -0.2) is 0 Å². The van der Waals surface area contributed by atoms with Crippen LogP contribution in [0.3, 0.4) is 0 Å². The molecule has 0 aliphatic carbocycles. The summed E-state index contributed by atoms with van der Waals surface area (Å²) in [6, 6.07) is 18.0. The molecule has 0 heterocycles. The third-order valence-electron chi connectivity index (χ3n) is 2.18. The Balaban J connectivity index is 0.000000181. The van der Waals surface area contributed by atoms with Crippen molar-refractivity contribution in [2.45, 2.75) is 6.04 Å². The first kappa shape index (κ1) is 13.2. The second kappa shape index (κ2) is 7.44. The molecule has 0 spiro atoms. The lowest BCUT2D eigenvalue weighted by Gasteiger charge is -2.06. The molecule has 3 nitrogen and oxygen atoms in total. The van der Waals surface area contributed by atoms with Gasteiger partial charge in [0.2, 0.25) is 0 Å². The van der Waals surface area contributed by atoms with Crippen molar-refractivity contribution < 1.29 is 10.2 Å². The largest absolute Gasteiger partial charge is 0.508 e. The molecule has 2 aromatic rings. The van der Waals surface area contributed by atoms with Gasteiger partial charge in [0, 0.05) is 0 Å². The molecule has 0 saturated heterocycles. The maximum atomic E-state index is 8.66. The highest BCUT2D eigenvalue weighted by atomic mass is 16.3. The van der Waals surface area contributed by atoms with Crippen molar-refractivity contribution in [2.75, 3.05) is 6.61 Å². The summed E-state index contributed by atoms with van der Waals surface area (Å²) in [6.07, 6.45) is 0. The number of rotatable bonds is 2. The molecule has 2 rings (SSSR count). The molecule has 0 amide bonds. The SMILES string of the molecule is NC(CO)c1ccccc1.Oc1ccccc1. The second-order valence-corrected chi connectivity index (χ2v) is 3.54. The lowest BCUT2D eigenvalue weighted by molar-refractivity contribution is 0.268. The van der Waals surface area contributed by atoms with E-state index in [-0.39, 0.29) is 12.6 Å². The molecule has 4 N–H and O–H groups in total. The Morgan fingerprint density at radius 1 is 0.882 bits per heavy atom. The zero-order valence-electron chi connectivity index (χ0n) is 9.53. The average Bonchev–Trinajstić information content (AvgIpc) is 2.40. The Bertz CT molecular complexity index is 403. The first-order valence-electron chi connectivity index (χ1n) is 5.39. The highest BCUT2D eigenvalue weighted by Crippen LogP contribution is 2.07. The van der Waals surface area contributed by atoms with Gasteiger partial charge in [-0.05, 0) is 17.7 Å². The van der Waals surface area contributed by atoms with Crippen molar-refractivity contribution in [3.8, 4) is 5.75 Å². The summed E-state index contributed by atoms with van der Waals surface area (Å²) in [6.45, 7) is 0.00398. The van der Waals surface area contributed by atoms with E-state index < -0.39 is 0 Å². The van der Waals surface area contributed by atoms with Crippen molar-refractivity contribution in [1.29, 1.82) is 0 Å². The van der Waals surface area contributed by atoms with Gasteiger partial charge in [0.25, 0.3) is 0 Å². The van der Waals surface area contributed by atoms with E-state index in [1.54, 1.807) is 24.3 Å². The zero-order valence-corrected chi connectivity index (χ0v) is 9.53. The van der Waals surface area contributed by atoms with E-state index in [0.29, 0.717) is 5.75 Å². The van der Waals surface area contributed by atoms with E-state index in [1.165, 1.54) is 0 Å². The van der Waals surface area contributed by atoms with Gasteiger partial charge in [-0.1, -0.05) is 48.5 Å². The number of benzene rings is 2. The van der Waals surface area contributed by atoms with E-state index in [2.05, 4.69) is 0 Å². The van der Waals surface area contributed by atoms with Crippen LogP contribution in [0.5, 0.6) is 5.75 Å². The Labute approximate surface area is 101 Å². The van der Waals surface area contributed by atoms with Crippen LogP contribution in [-0.2, 0) is 0 Å². The predicted octanol–water partition coefficient (Wildman–Crippen LogP) is 2.07. The van der Waals surface area contributed by atoms with Crippen molar-refractivity contribution in [2.24, 2.45) is 5.73 Å². The molecule has 0 fully saturated rings. The highest BCUT2D eigenvalue weighted by molar-refractivity contribution is 5.18. The zero-order chi connectivity index (χ0) is 12.5. The van der Waals surface area contributed by atoms with Crippen molar-refractivity contribution in [1.82, 2.24) is 0 Å². The van der Waals surface area contributed by atoms with Crippen LogP contribution in [0, 0.1) is 0 Å². The van der Waals surface area contributed by atoms with Crippen LogP contribution in [-0.4, -0.2) is 16.8 Å². The third kappa shape index (κ3) is 5.15. The van der Waals surface area contributed by atoms with Gasteiger partial charge in [0.1, 0.15) is 5.75 Å². The molecule has 3 heteroatoms. The van der Waals surface area contributed by atoms with Gasteiger partial charge >= 0.3 is 0 Å². The maximum Gasteiger partial charge on any atom is 0.115 e. The molecule has 0 aromatic heterocycles. The number of aliphatic hydroxyl groups is 1. The highest BCUT2D eigenvalue weighted by Gasteiger charge is 2.00.